The van der Waals surface area contributed by atoms with E-state index in [9.17, 15) is 13.6 Å². The van der Waals surface area contributed by atoms with Gasteiger partial charge in [-0.15, -0.1) is 0 Å². The normalized spacial score (nSPS) is 16.3. The van der Waals surface area contributed by atoms with E-state index in [0.717, 1.165) is 17.1 Å². The number of oxazole rings is 1. The average Bonchev–Trinajstić information content (AvgIpc) is 2.96. The van der Waals surface area contributed by atoms with Gasteiger partial charge in [-0.05, 0) is 40.7 Å². The lowest BCUT2D eigenvalue weighted by atomic mass is 10.1. The standard InChI is InChI=1S/C21H28F2N4O3S/c1-13-14(2)29-19(24-13)31-12-15-10-16(27-8-6-21(22,23)7-9-27)11-17(25-15)26-18(28)30-20(3,4)5/h10-11H,6-9,12H2,1-5H3,(H,25,26,28). The van der Waals surface area contributed by atoms with Crippen molar-refractivity contribution in [3.8, 4) is 0 Å². The summed E-state index contributed by atoms with van der Waals surface area (Å²) in [5.41, 5.74) is 1.57. The molecule has 0 bridgehead atoms. The number of ether oxygens (including phenoxy) is 1. The van der Waals surface area contributed by atoms with E-state index in [-0.39, 0.29) is 25.9 Å². The molecule has 0 aromatic carbocycles. The number of anilines is 2. The van der Waals surface area contributed by atoms with E-state index in [0.29, 0.717) is 22.5 Å². The predicted molar refractivity (Wildman–Crippen MR) is 116 cm³/mol. The minimum Gasteiger partial charge on any atom is -0.444 e. The number of alkyl halides is 2. The Labute approximate surface area is 184 Å². The molecular weight excluding hydrogens is 426 g/mol. The highest BCUT2D eigenvalue weighted by Crippen LogP contribution is 2.32. The Kier molecular flexibility index (Phi) is 6.78. The molecule has 0 spiro atoms. The highest BCUT2D eigenvalue weighted by atomic mass is 32.2. The highest BCUT2D eigenvalue weighted by Gasteiger charge is 2.34. The van der Waals surface area contributed by atoms with E-state index in [2.05, 4.69) is 15.3 Å². The van der Waals surface area contributed by atoms with Gasteiger partial charge < -0.3 is 14.1 Å². The number of rotatable bonds is 5. The van der Waals surface area contributed by atoms with Crippen LogP contribution in [0.15, 0.2) is 21.8 Å². The van der Waals surface area contributed by atoms with E-state index in [1.54, 1.807) is 26.8 Å². The van der Waals surface area contributed by atoms with Crippen LogP contribution < -0.4 is 10.2 Å². The topological polar surface area (TPSA) is 80.5 Å². The SMILES string of the molecule is Cc1nc(SCc2cc(N3CCC(F)(F)CC3)cc(NC(=O)OC(C)(C)C)n2)oc1C. The second kappa shape index (κ2) is 9.02. The van der Waals surface area contributed by atoms with Crippen molar-refractivity contribution < 1.29 is 22.7 Å². The van der Waals surface area contributed by atoms with Crippen molar-refractivity contribution in [2.24, 2.45) is 0 Å². The maximum Gasteiger partial charge on any atom is 0.413 e. The van der Waals surface area contributed by atoms with Gasteiger partial charge >= 0.3 is 6.09 Å². The van der Waals surface area contributed by atoms with Crippen LogP contribution in [-0.2, 0) is 10.5 Å². The molecule has 2 aromatic heterocycles. The lowest BCUT2D eigenvalue weighted by Crippen LogP contribution is -2.39. The van der Waals surface area contributed by atoms with Crippen LogP contribution in [0.5, 0.6) is 0 Å². The molecule has 31 heavy (non-hydrogen) atoms. The number of nitrogens with one attached hydrogen (secondary N) is 1. The summed E-state index contributed by atoms with van der Waals surface area (Å²) in [6.07, 6.45) is -1.04. The summed E-state index contributed by atoms with van der Waals surface area (Å²) in [4.78, 5) is 22.9. The lowest BCUT2D eigenvalue weighted by molar-refractivity contribution is -0.0220. The molecule has 1 amide bonds. The van der Waals surface area contributed by atoms with Gasteiger partial charge in [-0.1, -0.05) is 11.8 Å². The zero-order valence-electron chi connectivity index (χ0n) is 18.4. The second-order valence-corrected chi connectivity index (χ2v) is 9.51. The summed E-state index contributed by atoms with van der Waals surface area (Å²) in [7, 11) is 0. The van der Waals surface area contributed by atoms with E-state index in [1.165, 1.54) is 11.8 Å². The fourth-order valence-electron chi connectivity index (χ4n) is 3.03. The number of aromatic nitrogens is 2. The molecule has 3 rings (SSSR count). The molecule has 1 saturated heterocycles. The minimum absolute atomic E-state index is 0.205. The number of hydrogen-bond acceptors (Lipinski definition) is 7. The molecule has 0 atom stereocenters. The first kappa shape index (κ1) is 23.3. The number of pyridine rings is 1. The zero-order valence-corrected chi connectivity index (χ0v) is 19.2. The quantitative estimate of drug-likeness (QED) is 0.592. The first-order chi connectivity index (χ1) is 14.4. The van der Waals surface area contributed by atoms with E-state index < -0.39 is 17.6 Å². The number of halogens is 2. The summed E-state index contributed by atoms with van der Waals surface area (Å²) in [5, 5.41) is 3.18. The first-order valence-electron chi connectivity index (χ1n) is 10.1. The Morgan fingerprint density at radius 3 is 2.52 bits per heavy atom. The fourth-order valence-corrected chi connectivity index (χ4v) is 3.84. The van der Waals surface area contributed by atoms with Gasteiger partial charge in [0.25, 0.3) is 11.1 Å². The van der Waals surface area contributed by atoms with Gasteiger partial charge in [0.2, 0.25) is 0 Å². The van der Waals surface area contributed by atoms with Gasteiger partial charge in [-0.2, -0.15) is 0 Å². The van der Waals surface area contributed by atoms with Crippen LogP contribution in [0.1, 0.15) is 50.8 Å². The summed E-state index contributed by atoms with van der Waals surface area (Å²) >= 11 is 1.38. The van der Waals surface area contributed by atoms with E-state index >= 15 is 0 Å². The molecule has 10 heteroatoms. The van der Waals surface area contributed by atoms with Crippen LogP contribution in [0.4, 0.5) is 25.1 Å². The summed E-state index contributed by atoms with van der Waals surface area (Å²) in [6, 6.07) is 3.53. The van der Waals surface area contributed by atoms with Gasteiger partial charge in [-0.25, -0.2) is 23.5 Å². The van der Waals surface area contributed by atoms with Crippen LogP contribution in [0.25, 0.3) is 0 Å². The Balaban J connectivity index is 1.80. The molecular formula is C21H28F2N4O3S. The lowest BCUT2D eigenvalue weighted by Gasteiger charge is -2.33. The number of hydrogen-bond donors (Lipinski definition) is 1. The first-order valence-corrected chi connectivity index (χ1v) is 11.1. The number of carbonyl (C=O) groups is 1. The van der Waals surface area contributed by atoms with Gasteiger partial charge in [0.05, 0.1) is 11.4 Å². The van der Waals surface area contributed by atoms with Crippen LogP contribution in [0.3, 0.4) is 0 Å². The Morgan fingerprint density at radius 1 is 1.26 bits per heavy atom. The van der Waals surface area contributed by atoms with Crippen LogP contribution in [-0.4, -0.2) is 40.7 Å². The van der Waals surface area contributed by atoms with Gasteiger partial charge in [0, 0.05) is 43.4 Å². The van der Waals surface area contributed by atoms with E-state index in [4.69, 9.17) is 9.15 Å². The number of piperidine rings is 1. The van der Waals surface area contributed by atoms with Crippen LogP contribution in [0, 0.1) is 13.8 Å². The summed E-state index contributed by atoms with van der Waals surface area (Å²) < 4.78 is 38.1. The van der Waals surface area contributed by atoms with Crippen molar-refractivity contribution in [3.63, 3.8) is 0 Å². The molecule has 2 aromatic rings. The maximum absolute atomic E-state index is 13.6. The number of aryl methyl sites for hydroxylation is 2. The fraction of sp³-hybridized carbons (Fsp3) is 0.571. The molecule has 1 aliphatic rings. The number of amides is 1. The highest BCUT2D eigenvalue weighted by molar-refractivity contribution is 7.98. The molecule has 7 nitrogen and oxygen atoms in total. The molecule has 0 radical (unpaired) electrons. The predicted octanol–water partition coefficient (Wildman–Crippen LogP) is 5.56. The van der Waals surface area contributed by atoms with Crippen molar-refractivity contribution in [2.45, 2.75) is 70.0 Å². The maximum atomic E-state index is 13.6. The molecule has 3 heterocycles. The third-order valence-corrected chi connectivity index (χ3v) is 5.57. The van der Waals surface area contributed by atoms with Crippen molar-refractivity contribution in [1.29, 1.82) is 0 Å². The number of thioether (sulfide) groups is 1. The Bertz CT molecular complexity index is 914. The van der Waals surface area contributed by atoms with E-state index in [1.807, 2.05) is 24.8 Å². The number of nitrogens with zero attached hydrogens (tertiary/aromatic N) is 3. The van der Waals surface area contributed by atoms with Crippen molar-refractivity contribution in [2.75, 3.05) is 23.3 Å². The van der Waals surface area contributed by atoms with Crippen LogP contribution >= 0.6 is 11.8 Å². The van der Waals surface area contributed by atoms with Gasteiger partial charge in [0.15, 0.2) is 0 Å². The molecule has 170 valence electrons. The number of carbonyl (C=O) groups excluding carboxylic acids is 1. The van der Waals surface area contributed by atoms with Crippen molar-refractivity contribution in [3.05, 3.63) is 29.3 Å². The third-order valence-electron chi connectivity index (χ3n) is 4.70. The van der Waals surface area contributed by atoms with Crippen molar-refractivity contribution >= 4 is 29.4 Å². The monoisotopic (exact) mass is 454 g/mol. The molecule has 1 fully saturated rings. The summed E-state index contributed by atoms with van der Waals surface area (Å²) in [6.45, 7) is 9.49. The summed E-state index contributed by atoms with van der Waals surface area (Å²) in [5.74, 6) is -1.13. The van der Waals surface area contributed by atoms with Crippen LogP contribution in [0.2, 0.25) is 0 Å². The third kappa shape index (κ3) is 6.81. The second-order valence-electron chi connectivity index (χ2n) is 8.58. The molecule has 1 N–H and O–H groups in total. The molecule has 0 saturated carbocycles. The smallest absolute Gasteiger partial charge is 0.413 e. The van der Waals surface area contributed by atoms with Gasteiger partial charge in [0.1, 0.15) is 17.2 Å². The zero-order chi connectivity index (χ0) is 22.8. The van der Waals surface area contributed by atoms with Crippen molar-refractivity contribution in [1.82, 2.24) is 9.97 Å². The molecule has 0 aliphatic carbocycles. The Hall–Kier alpha value is -2.36. The van der Waals surface area contributed by atoms with Gasteiger partial charge in [-0.3, -0.25) is 5.32 Å². The Morgan fingerprint density at radius 2 is 1.94 bits per heavy atom. The molecule has 1 aliphatic heterocycles. The average molecular weight is 455 g/mol. The molecule has 0 unspecified atom stereocenters. The minimum atomic E-state index is -2.64. The largest absolute Gasteiger partial charge is 0.444 e.